The molecule has 7 rings (SSSR count). The molecule has 7 aromatic rings. The van der Waals surface area contributed by atoms with E-state index in [1.807, 2.05) is 70.3 Å². The van der Waals surface area contributed by atoms with Crippen molar-refractivity contribution in [2.75, 3.05) is 0 Å². The Morgan fingerprint density at radius 1 is 0.500 bits per heavy atom. The van der Waals surface area contributed by atoms with E-state index >= 15 is 0 Å². The van der Waals surface area contributed by atoms with E-state index in [0.29, 0.717) is 0 Å². The van der Waals surface area contributed by atoms with Gasteiger partial charge in [-0.05, 0) is 98.5 Å². The summed E-state index contributed by atoms with van der Waals surface area (Å²) in [6, 6.07) is 24.5. The third-order valence-corrected chi connectivity index (χ3v) is 7.45. The molecule has 0 fully saturated rings. The number of aryl methyl sites for hydroxylation is 4. The second-order valence-corrected chi connectivity index (χ2v) is 10.2. The van der Waals surface area contributed by atoms with E-state index in [1.165, 1.54) is 0 Å². The van der Waals surface area contributed by atoms with E-state index in [1.54, 1.807) is 0 Å². The number of rotatable bonds is 4. The molecule has 0 spiro atoms. The van der Waals surface area contributed by atoms with Crippen LogP contribution in [0.25, 0.3) is 56.0 Å². The minimum absolute atomic E-state index is 0.833. The number of hydrogen-bond donors (Lipinski definition) is 0. The first-order valence-corrected chi connectivity index (χ1v) is 13.1. The maximum absolute atomic E-state index is 4.83. The normalized spacial score (nSPS) is 11.5. The zero-order valence-corrected chi connectivity index (χ0v) is 22.7. The van der Waals surface area contributed by atoms with Crippen molar-refractivity contribution in [1.82, 2.24) is 40.0 Å². The van der Waals surface area contributed by atoms with E-state index in [9.17, 15) is 0 Å². The number of benzene rings is 4. The van der Waals surface area contributed by atoms with Crippen molar-refractivity contribution in [2.24, 2.45) is 0 Å². The van der Waals surface area contributed by atoms with Gasteiger partial charge in [0.25, 0.3) is 0 Å². The van der Waals surface area contributed by atoms with Crippen LogP contribution in [0.1, 0.15) is 22.3 Å². The molecular weight excluding hydrogens is 496 g/mol. The van der Waals surface area contributed by atoms with Crippen molar-refractivity contribution in [3.05, 3.63) is 107 Å². The summed E-state index contributed by atoms with van der Waals surface area (Å²) in [5.74, 6) is 0. The second-order valence-electron chi connectivity index (χ2n) is 10.2. The van der Waals surface area contributed by atoms with Gasteiger partial charge in [0.2, 0.25) is 0 Å². The summed E-state index contributed by atoms with van der Waals surface area (Å²) in [5.41, 5.74) is 13.8. The highest BCUT2D eigenvalue weighted by Gasteiger charge is 2.15. The maximum atomic E-state index is 4.83. The largest absolute Gasteiger partial charge is 0.252 e. The van der Waals surface area contributed by atoms with Crippen molar-refractivity contribution >= 4 is 22.1 Å². The van der Waals surface area contributed by atoms with Crippen LogP contribution in [0.15, 0.2) is 85.2 Å². The lowest BCUT2D eigenvalue weighted by Crippen LogP contribution is -2.02. The molecule has 3 heterocycles. The first kappa shape index (κ1) is 23.8. The average Bonchev–Trinajstić information content (AvgIpc) is 3.60. The third-order valence-electron chi connectivity index (χ3n) is 7.45. The molecule has 0 aliphatic carbocycles. The predicted octanol–water partition coefficient (Wildman–Crippen LogP) is 6.51. The number of hydrogen-bond acceptors (Lipinski definition) is 6. The molecule has 194 valence electrons. The molecule has 4 aromatic carbocycles. The van der Waals surface area contributed by atoms with Crippen molar-refractivity contribution in [3.8, 4) is 33.9 Å². The fraction of sp³-hybridized carbons (Fsp3) is 0.125. The lowest BCUT2D eigenvalue weighted by atomic mass is 10.00. The van der Waals surface area contributed by atoms with Gasteiger partial charge in [0.05, 0.1) is 46.2 Å². The summed E-state index contributed by atoms with van der Waals surface area (Å²) in [6.45, 7) is 8.35. The first-order chi connectivity index (χ1) is 19.5. The topological polar surface area (TPSA) is 87.2 Å². The van der Waals surface area contributed by atoms with Gasteiger partial charge in [0, 0.05) is 11.1 Å². The molecule has 0 bridgehead atoms. The molecule has 3 aromatic heterocycles. The van der Waals surface area contributed by atoms with Crippen molar-refractivity contribution in [1.29, 1.82) is 0 Å². The van der Waals surface area contributed by atoms with Crippen LogP contribution in [-0.4, -0.2) is 40.0 Å². The van der Waals surface area contributed by atoms with Crippen LogP contribution in [0.3, 0.4) is 0 Å². The molecule has 0 atom stereocenters. The molecule has 0 saturated heterocycles. The smallest absolute Gasteiger partial charge is 0.113 e. The van der Waals surface area contributed by atoms with Gasteiger partial charge in [-0.3, -0.25) is 9.97 Å². The molecular formula is C32H26N8. The zero-order valence-electron chi connectivity index (χ0n) is 22.7. The quantitative estimate of drug-likeness (QED) is 0.262. The minimum Gasteiger partial charge on any atom is -0.252 e. The van der Waals surface area contributed by atoms with Gasteiger partial charge in [0.15, 0.2) is 0 Å². The molecule has 0 N–H and O–H groups in total. The molecule has 40 heavy (non-hydrogen) atoms. The Hall–Kier alpha value is -5.24. The fourth-order valence-corrected chi connectivity index (χ4v) is 5.31. The van der Waals surface area contributed by atoms with Crippen LogP contribution in [0.2, 0.25) is 0 Å². The molecule has 0 aliphatic heterocycles. The van der Waals surface area contributed by atoms with Crippen LogP contribution in [0, 0.1) is 27.7 Å². The standard InChI is InChI=1S/C32H26N8/c1-19-15-31(39-29-11-7-5-9-25(29)35-37-39)21(3)13-23(19)27-17-34-28(18-33-27)24-14-22(4)32(16-20(24)2)40-30-12-8-6-10-26(30)36-38-40/h5-18H,1-4H3. The van der Waals surface area contributed by atoms with Crippen molar-refractivity contribution in [2.45, 2.75) is 27.7 Å². The number of fused-ring (bicyclic) bond motifs is 2. The monoisotopic (exact) mass is 522 g/mol. The van der Waals surface area contributed by atoms with Gasteiger partial charge in [-0.2, -0.15) is 0 Å². The molecule has 0 radical (unpaired) electrons. The van der Waals surface area contributed by atoms with Gasteiger partial charge in [-0.15, -0.1) is 10.2 Å². The third kappa shape index (κ3) is 3.84. The SMILES string of the molecule is Cc1cc(-n2nnc3ccccc32)c(C)cc1-c1cnc(-c2cc(C)c(-n3nnc4ccccc43)cc2C)cn1. The van der Waals surface area contributed by atoms with Crippen LogP contribution in [0.4, 0.5) is 0 Å². The van der Waals surface area contributed by atoms with Crippen molar-refractivity contribution < 1.29 is 0 Å². The molecule has 0 saturated carbocycles. The zero-order chi connectivity index (χ0) is 27.4. The van der Waals surface area contributed by atoms with Crippen LogP contribution >= 0.6 is 0 Å². The Bertz CT molecular complexity index is 1900. The molecule has 0 aliphatic rings. The Balaban J connectivity index is 1.22. The summed E-state index contributed by atoms with van der Waals surface area (Å²) in [4.78, 5) is 9.66. The van der Waals surface area contributed by atoms with E-state index < -0.39 is 0 Å². The maximum Gasteiger partial charge on any atom is 0.113 e. The first-order valence-electron chi connectivity index (χ1n) is 13.1. The van der Waals surface area contributed by atoms with Gasteiger partial charge in [-0.25, -0.2) is 9.36 Å². The molecule has 8 nitrogen and oxygen atoms in total. The Morgan fingerprint density at radius 3 is 1.35 bits per heavy atom. The Morgan fingerprint density at radius 2 is 0.925 bits per heavy atom. The molecule has 0 amide bonds. The summed E-state index contributed by atoms with van der Waals surface area (Å²) >= 11 is 0. The van der Waals surface area contributed by atoms with Crippen molar-refractivity contribution in [3.63, 3.8) is 0 Å². The van der Waals surface area contributed by atoms with Gasteiger partial charge in [0.1, 0.15) is 11.0 Å². The summed E-state index contributed by atoms with van der Waals surface area (Å²) in [5, 5.41) is 17.4. The van der Waals surface area contributed by atoms with E-state index in [-0.39, 0.29) is 0 Å². The van der Waals surface area contributed by atoms with Gasteiger partial charge >= 0.3 is 0 Å². The highest BCUT2D eigenvalue weighted by atomic mass is 15.4. The highest BCUT2D eigenvalue weighted by molar-refractivity contribution is 5.78. The Kier molecular flexibility index (Phi) is 5.48. The summed E-state index contributed by atoms with van der Waals surface area (Å²) < 4.78 is 3.79. The highest BCUT2D eigenvalue weighted by Crippen LogP contribution is 2.31. The fourth-order valence-electron chi connectivity index (χ4n) is 5.31. The lowest BCUT2D eigenvalue weighted by molar-refractivity contribution is 0.818. The number of nitrogens with zero attached hydrogens (tertiary/aromatic N) is 8. The van der Waals surface area contributed by atoms with Crippen LogP contribution in [0.5, 0.6) is 0 Å². The van der Waals surface area contributed by atoms with E-state index in [4.69, 9.17) is 9.97 Å². The lowest BCUT2D eigenvalue weighted by Gasteiger charge is -2.14. The number of para-hydroxylation sites is 2. The van der Waals surface area contributed by atoms with E-state index in [0.717, 1.165) is 78.2 Å². The Labute approximate surface area is 231 Å². The summed E-state index contributed by atoms with van der Waals surface area (Å²) in [6.07, 6.45) is 3.71. The van der Waals surface area contributed by atoms with Gasteiger partial charge < -0.3 is 0 Å². The van der Waals surface area contributed by atoms with Crippen LogP contribution in [-0.2, 0) is 0 Å². The van der Waals surface area contributed by atoms with Gasteiger partial charge in [-0.1, -0.05) is 34.7 Å². The predicted molar refractivity (Wildman–Crippen MR) is 157 cm³/mol. The molecule has 0 unspecified atom stereocenters. The average molecular weight is 523 g/mol. The minimum atomic E-state index is 0.833. The van der Waals surface area contributed by atoms with E-state index in [2.05, 4.69) is 72.6 Å². The second kappa shape index (κ2) is 9.20. The number of aromatic nitrogens is 8. The molecule has 8 heteroatoms. The van der Waals surface area contributed by atoms with Crippen LogP contribution < -0.4 is 0 Å². The summed E-state index contributed by atoms with van der Waals surface area (Å²) in [7, 11) is 0.